The van der Waals surface area contributed by atoms with E-state index in [4.69, 9.17) is 11.6 Å². The van der Waals surface area contributed by atoms with Crippen LogP contribution in [0, 0.1) is 6.92 Å². The van der Waals surface area contributed by atoms with Crippen molar-refractivity contribution in [1.82, 2.24) is 9.78 Å². The summed E-state index contributed by atoms with van der Waals surface area (Å²) in [6, 6.07) is 15.7. The van der Waals surface area contributed by atoms with Crippen LogP contribution in [0.25, 0.3) is 5.69 Å². The number of hydrogen-bond donors (Lipinski definition) is 1. The van der Waals surface area contributed by atoms with Crippen LogP contribution in [0.2, 0.25) is 5.02 Å². The number of halogens is 1. The van der Waals surface area contributed by atoms with Crippen LogP contribution >= 0.6 is 11.6 Å². The second-order valence-corrected chi connectivity index (χ2v) is 6.49. The van der Waals surface area contributed by atoms with E-state index in [1.807, 2.05) is 30.5 Å². The lowest BCUT2D eigenvalue weighted by Gasteiger charge is -2.24. The molecule has 1 aliphatic rings. The lowest BCUT2D eigenvalue weighted by Crippen LogP contribution is -2.24. The molecule has 1 atom stereocenters. The van der Waals surface area contributed by atoms with E-state index >= 15 is 0 Å². The largest absolute Gasteiger partial charge is 0.310 e. The second kappa shape index (κ2) is 5.80. The smallest absolute Gasteiger partial charge is 0.226 e. The Hall–Kier alpha value is -2.59. The molecule has 0 saturated heterocycles. The van der Waals surface area contributed by atoms with Gasteiger partial charge in [-0.3, -0.25) is 4.79 Å². The van der Waals surface area contributed by atoms with Gasteiger partial charge >= 0.3 is 0 Å². The topological polar surface area (TPSA) is 46.9 Å². The summed E-state index contributed by atoms with van der Waals surface area (Å²) < 4.78 is 1.75. The highest BCUT2D eigenvalue weighted by molar-refractivity contribution is 6.30. The molecular formula is C19H16ClN3O. The number of nitrogens with zero attached hydrogens (tertiary/aromatic N) is 2. The average Bonchev–Trinajstić information content (AvgIpc) is 2.99. The molecule has 5 heteroatoms. The zero-order chi connectivity index (χ0) is 16.7. The maximum absolute atomic E-state index is 12.2. The number of rotatable bonds is 2. The zero-order valence-corrected chi connectivity index (χ0v) is 13.9. The maximum Gasteiger partial charge on any atom is 0.226 e. The van der Waals surface area contributed by atoms with Gasteiger partial charge in [0.1, 0.15) is 5.82 Å². The Bertz CT molecular complexity index is 897. The number of carbonyl (C=O) groups excluding carboxylic acids is 1. The molecule has 0 fully saturated rings. The number of nitrogens with one attached hydrogen (secondary N) is 1. The van der Waals surface area contributed by atoms with Crippen LogP contribution in [0.3, 0.4) is 0 Å². The molecule has 3 aromatic rings. The molecule has 0 aliphatic carbocycles. The van der Waals surface area contributed by atoms with Crippen molar-refractivity contribution in [2.75, 3.05) is 5.32 Å². The van der Waals surface area contributed by atoms with Gasteiger partial charge in [0.15, 0.2) is 0 Å². The quantitative estimate of drug-likeness (QED) is 0.757. The Morgan fingerprint density at radius 1 is 1.12 bits per heavy atom. The number of hydrogen-bond acceptors (Lipinski definition) is 2. The molecule has 0 saturated carbocycles. The molecule has 1 aromatic heterocycles. The highest BCUT2D eigenvalue weighted by Crippen LogP contribution is 2.38. The minimum atomic E-state index is 0.00351. The van der Waals surface area contributed by atoms with Crippen molar-refractivity contribution < 1.29 is 4.79 Å². The maximum atomic E-state index is 12.2. The molecule has 0 bridgehead atoms. The van der Waals surface area contributed by atoms with Gasteiger partial charge in [0.05, 0.1) is 11.9 Å². The molecule has 0 unspecified atom stereocenters. The van der Waals surface area contributed by atoms with E-state index in [9.17, 15) is 4.79 Å². The Labute approximate surface area is 145 Å². The number of aromatic nitrogens is 2. The van der Waals surface area contributed by atoms with E-state index in [1.165, 1.54) is 5.56 Å². The standard InChI is InChI=1S/C19H16ClN3O/c1-12-2-4-13(5-3-12)16-10-18(24)22-19-17(16)11-21-23(19)15-8-6-14(20)7-9-15/h2-9,11,16H,10H2,1H3,(H,22,24)/t16-/m0/s1. The lowest BCUT2D eigenvalue weighted by molar-refractivity contribution is -0.116. The fourth-order valence-electron chi connectivity index (χ4n) is 3.09. The molecule has 24 heavy (non-hydrogen) atoms. The van der Waals surface area contributed by atoms with Gasteiger partial charge in [-0.2, -0.15) is 5.10 Å². The molecule has 2 heterocycles. The summed E-state index contributed by atoms with van der Waals surface area (Å²) in [6.45, 7) is 2.06. The molecule has 0 spiro atoms. The first-order chi connectivity index (χ1) is 11.6. The molecular weight excluding hydrogens is 322 g/mol. The van der Waals surface area contributed by atoms with E-state index in [0.717, 1.165) is 22.6 Å². The van der Waals surface area contributed by atoms with Gasteiger partial charge in [-0.15, -0.1) is 0 Å². The summed E-state index contributed by atoms with van der Waals surface area (Å²) in [5, 5.41) is 8.11. The number of carbonyl (C=O) groups is 1. The van der Waals surface area contributed by atoms with Crippen LogP contribution in [0.4, 0.5) is 5.82 Å². The summed E-state index contributed by atoms with van der Waals surface area (Å²) in [6.07, 6.45) is 2.27. The predicted octanol–water partition coefficient (Wildman–Crippen LogP) is 4.31. The van der Waals surface area contributed by atoms with Crippen LogP contribution in [-0.2, 0) is 4.79 Å². The second-order valence-electron chi connectivity index (χ2n) is 6.05. The number of amides is 1. The first-order valence-corrected chi connectivity index (χ1v) is 8.20. The number of anilines is 1. The number of benzene rings is 2. The Balaban J connectivity index is 1.80. The van der Waals surface area contributed by atoms with Crippen molar-refractivity contribution in [2.45, 2.75) is 19.3 Å². The average molecular weight is 338 g/mol. The molecule has 1 amide bonds. The summed E-state index contributed by atoms with van der Waals surface area (Å²) in [4.78, 5) is 12.2. The molecule has 0 radical (unpaired) electrons. The highest BCUT2D eigenvalue weighted by Gasteiger charge is 2.30. The van der Waals surface area contributed by atoms with Gasteiger partial charge < -0.3 is 5.32 Å². The van der Waals surface area contributed by atoms with Crippen molar-refractivity contribution >= 4 is 23.3 Å². The van der Waals surface area contributed by atoms with Crippen molar-refractivity contribution in [3.63, 3.8) is 0 Å². The van der Waals surface area contributed by atoms with E-state index in [1.54, 1.807) is 4.68 Å². The summed E-state index contributed by atoms with van der Waals surface area (Å²) in [7, 11) is 0. The van der Waals surface area contributed by atoms with Crippen molar-refractivity contribution in [2.24, 2.45) is 0 Å². The van der Waals surface area contributed by atoms with Crippen molar-refractivity contribution in [3.8, 4) is 5.69 Å². The molecule has 2 aromatic carbocycles. The first-order valence-electron chi connectivity index (χ1n) is 7.82. The van der Waals surface area contributed by atoms with Gasteiger partial charge in [0, 0.05) is 22.9 Å². The lowest BCUT2D eigenvalue weighted by atomic mass is 9.87. The van der Waals surface area contributed by atoms with E-state index in [2.05, 4.69) is 41.6 Å². The molecule has 4 rings (SSSR count). The summed E-state index contributed by atoms with van der Waals surface area (Å²) in [5.41, 5.74) is 4.24. The van der Waals surface area contributed by atoms with E-state index < -0.39 is 0 Å². The van der Waals surface area contributed by atoms with Crippen LogP contribution in [-0.4, -0.2) is 15.7 Å². The predicted molar refractivity (Wildman–Crippen MR) is 94.8 cm³/mol. The Kier molecular flexibility index (Phi) is 3.62. The third kappa shape index (κ3) is 2.59. The fraction of sp³-hybridized carbons (Fsp3) is 0.158. The zero-order valence-electron chi connectivity index (χ0n) is 13.2. The molecule has 4 nitrogen and oxygen atoms in total. The number of fused-ring (bicyclic) bond motifs is 1. The van der Waals surface area contributed by atoms with Crippen LogP contribution in [0.5, 0.6) is 0 Å². The third-order valence-electron chi connectivity index (χ3n) is 4.37. The third-order valence-corrected chi connectivity index (χ3v) is 4.62. The minimum absolute atomic E-state index is 0.00351. The van der Waals surface area contributed by atoms with Crippen molar-refractivity contribution in [3.05, 3.63) is 76.4 Å². The summed E-state index contributed by atoms with van der Waals surface area (Å²) >= 11 is 5.96. The molecule has 120 valence electrons. The van der Waals surface area contributed by atoms with Crippen LogP contribution in [0.1, 0.15) is 29.0 Å². The normalized spacial score (nSPS) is 16.6. The van der Waals surface area contributed by atoms with Gasteiger partial charge in [-0.05, 0) is 36.8 Å². The number of aryl methyl sites for hydroxylation is 1. The Morgan fingerprint density at radius 3 is 2.54 bits per heavy atom. The van der Waals surface area contributed by atoms with Crippen molar-refractivity contribution in [1.29, 1.82) is 0 Å². The highest BCUT2D eigenvalue weighted by atomic mass is 35.5. The van der Waals surface area contributed by atoms with Gasteiger partial charge in [0.2, 0.25) is 5.91 Å². The van der Waals surface area contributed by atoms with Gasteiger partial charge in [-0.25, -0.2) is 4.68 Å². The SMILES string of the molecule is Cc1ccc([C@@H]2CC(=O)Nc3c2cnn3-c2ccc(Cl)cc2)cc1. The first kappa shape index (κ1) is 15.0. The fourth-order valence-corrected chi connectivity index (χ4v) is 3.22. The van der Waals surface area contributed by atoms with Gasteiger partial charge in [0.25, 0.3) is 0 Å². The van der Waals surface area contributed by atoms with E-state index in [0.29, 0.717) is 11.4 Å². The summed E-state index contributed by atoms with van der Waals surface area (Å²) in [5.74, 6) is 0.762. The van der Waals surface area contributed by atoms with E-state index in [-0.39, 0.29) is 11.8 Å². The van der Waals surface area contributed by atoms with Crippen LogP contribution in [0.15, 0.2) is 54.7 Å². The molecule has 1 N–H and O–H groups in total. The Morgan fingerprint density at radius 2 is 1.83 bits per heavy atom. The minimum Gasteiger partial charge on any atom is -0.310 e. The van der Waals surface area contributed by atoms with Gasteiger partial charge in [-0.1, -0.05) is 41.4 Å². The monoisotopic (exact) mass is 337 g/mol. The molecule has 1 aliphatic heterocycles. The van der Waals surface area contributed by atoms with Crippen LogP contribution < -0.4 is 5.32 Å².